The van der Waals surface area contributed by atoms with Crippen molar-refractivity contribution in [3.8, 4) is 5.75 Å². The molecule has 2 heterocycles. The number of ether oxygens (including phenoxy) is 2. The highest BCUT2D eigenvalue weighted by molar-refractivity contribution is 8.01. The van der Waals surface area contributed by atoms with Crippen LogP contribution < -0.4 is 10.1 Å². The number of β-lactam (4-membered cyclic amide) rings is 1. The van der Waals surface area contributed by atoms with Gasteiger partial charge < -0.3 is 14.8 Å². The molecule has 2 aliphatic heterocycles. The molecule has 0 aromatic heterocycles. The van der Waals surface area contributed by atoms with Gasteiger partial charge in [0, 0.05) is 12.5 Å². The Morgan fingerprint density at radius 3 is 1.95 bits per heavy atom. The molecular weight excluding hydrogens is 512 g/mol. The number of para-hydroxylation sites is 1. The quantitative estimate of drug-likeness (QED) is 0.233. The number of thioether (sulfide) groups is 1. The van der Waals surface area contributed by atoms with Crippen LogP contribution in [0.5, 0.6) is 5.75 Å². The maximum atomic E-state index is 14.2. The Balaban J connectivity index is 1.64. The zero-order valence-corrected chi connectivity index (χ0v) is 22.8. The molecule has 0 saturated carbocycles. The molecule has 2 atom stereocenters. The summed E-state index contributed by atoms with van der Waals surface area (Å²) in [4.78, 5) is 41.1. The topological polar surface area (TPSA) is 84.9 Å². The SMILES string of the molecule is CC(=O)NC1(Oc2ccccc2)S[C@@H]2CC(=O)N2C(C(=O)OC(c2ccccc2)c2ccccc2)=C1C(C)C. The molecule has 200 valence electrons. The van der Waals surface area contributed by atoms with Gasteiger partial charge in [-0.3, -0.25) is 14.5 Å². The number of benzene rings is 3. The van der Waals surface area contributed by atoms with E-state index in [1.807, 2.05) is 92.7 Å². The van der Waals surface area contributed by atoms with E-state index >= 15 is 0 Å². The summed E-state index contributed by atoms with van der Waals surface area (Å²) in [6.45, 7) is 5.22. The van der Waals surface area contributed by atoms with Crippen LogP contribution >= 0.6 is 11.8 Å². The number of amides is 2. The lowest BCUT2D eigenvalue weighted by Crippen LogP contribution is -2.64. The van der Waals surface area contributed by atoms with Gasteiger partial charge in [0.15, 0.2) is 6.10 Å². The van der Waals surface area contributed by atoms with E-state index in [9.17, 15) is 14.4 Å². The third-order valence-corrected chi connectivity index (χ3v) is 7.99. The third kappa shape index (κ3) is 5.29. The molecule has 39 heavy (non-hydrogen) atoms. The van der Waals surface area contributed by atoms with Gasteiger partial charge >= 0.3 is 5.97 Å². The fraction of sp³-hybridized carbons (Fsp3) is 0.258. The second kappa shape index (κ2) is 11.0. The van der Waals surface area contributed by atoms with Crippen LogP contribution in [0.4, 0.5) is 0 Å². The molecule has 3 aromatic carbocycles. The Morgan fingerprint density at radius 1 is 0.923 bits per heavy atom. The Hall–Kier alpha value is -4.04. The van der Waals surface area contributed by atoms with Gasteiger partial charge in [0.1, 0.15) is 11.4 Å². The van der Waals surface area contributed by atoms with E-state index in [0.717, 1.165) is 11.1 Å². The smallest absolute Gasteiger partial charge is 0.356 e. The fourth-order valence-corrected chi connectivity index (χ4v) is 6.73. The summed E-state index contributed by atoms with van der Waals surface area (Å²) in [5.74, 6) is -0.910. The Morgan fingerprint density at radius 2 is 1.46 bits per heavy atom. The summed E-state index contributed by atoms with van der Waals surface area (Å²) in [7, 11) is 0. The Bertz CT molecular complexity index is 1350. The van der Waals surface area contributed by atoms with Crippen LogP contribution in [0.2, 0.25) is 0 Å². The zero-order chi connectivity index (χ0) is 27.6. The average molecular weight is 543 g/mol. The molecule has 1 unspecified atom stereocenters. The van der Waals surface area contributed by atoms with Gasteiger partial charge in [-0.15, -0.1) is 0 Å². The molecule has 2 amide bonds. The standard InChI is InChI=1S/C31H30N2O5S/c1-20(2)27-28(30(36)37-29(22-13-7-4-8-14-22)23-15-9-5-10-16-23)33-25(35)19-26(33)39-31(27,32-21(3)34)38-24-17-11-6-12-18-24/h4-18,20,26,29H,19H2,1-3H3,(H,32,34)/t26-,31?/m1/s1. The summed E-state index contributed by atoms with van der Waals surface area (Å²) in [6.07, 6.45) is -0.483. The summed E-state index contributed by atoms with van der Waals surface area (Å²) < 4.78 is 12.7. The lowest BCUT2D eigenvalue weighted by atomic mass is 9.94. The maximum absolute atomic E-state index is 14.2. The lowest BCUT2D eigenvalue weighted by molar-refractivity contribution is -0.152. The lowest BCUT2D eigenvalue weighted by Gasteiger charge is -2.52. The van der Waals surface area contributed by atoms with Gasteiger partial charge in [0.05, 0.1) is 11.8 Å². The Labute approximate surface area is 232 Å². The minimum Gasteiger partial charge on any atom is -0.455 e. The first kappa shape index (κ1) is 26.6. The first-order valence-electron chi connectivity index (χ1n) is 12.9. The largest absolute Gasteiger partial charge is 0.455 e. The van der Waals surface area contributed by atoms with Gasteiger partial charge in [-0.1, -0.05) is 104 Å². The van der Waals surface area contributed by atoms with Crippen LogP contribution in [-0.2, 0) is 19.1 Å². The second-order valence-corrected chi connectivity index (χ2v) is 11.1. The molecule has 5 rings (SSSR count). The Kier molecular flexibility index (Phi) is 7.48. The van der Waals surface area contributed by atoms with Crippen molar-refractivity contribution in [2.24, 2.45) is 5.92 Å². The number of nitrogens with zero attached hydrogens (tertiary/aromatic N) is 1. The monoisotopic (exact) mass is 542 g/mol. The maximum Gasteiger partial charge on any atom is 0.356 e. The van der Waals surface area contributed by atoms with Gasteiger partial charge in [0.25, 0.3) is 5.06 Å². The van der Waals surface area contributed by atoms with E-state index in [0.29, 0.717) is 11.3 Å². The van der Waals surface area contributed by atoms with Crippen LogP contribution in [0.3, 0.4) is 0 Å². The van der Waals surface area contributed by atoms with Crippen molar-refractivity contribution >= 4 is 29.5 Å². The molecule has 1 fully saturated rings. The molecule has 1 N–H and O–H groups in total. The average Bonchev–Trinajstić information content (AvgIpc) is 2.91. The van der Waals surface area contributed by atoms with E-state index in [2.05, 4.69) is 5.32 Å². The van der Waals surface area contributed by atoms with Crippen molar-refractivity contribution in [2.75, 3.05) is 0 Å². The van der Waals surface area contributed by atoms with E-state index < -0.39 is 22.5 Å². The highest BCUT2D eigenvalue weighted by Gasteiger charge is 2.58. The molecule has 1 saturated heterocycles. The van der Waals surface area contributed by atoms with E-state index in [1.165, 1.54) is 23.6 Å². The summed E-state index contributed by atoms with van der Waals surface area (Å²) >= 11 is 1.31. The van der Waals surface area contributed by atoms with Crippen LogP contribution in [0.25, 0.3) is 0 Å². The number of nitrogens with one attached hydrogen (secondary N) is 1. The molecule has 0 spiro atoms. The molecule has 8 heteroatoms. The molecule has 2 aliphatic rings. The predicted molar refractivity (Wildman–Crippen MR) is 149 cm³/mol. The molecule has 0 aliphatic carbocycles. The number of carbonyl (C=O) groups excluding carboxylic acids is 3. The third-order valence-electron chi connectivity index (χ3n) is 6.60. The van der Waals surface area contributed by atoms with Crippen molar-refractivity contribution in [1.82, 2.24) is 10.2 Å². The number of rotatable bonds is 8. The van der Waals surface area contributed by atoms with E-state index in [4.69, 9.17) is 9.47 Å². The van der Waals surface area contributed by atoms with Crippen molar-refractivity contribution < 1.29 is 23.9 Å². The highest BCUT2D eigenvalue weighted by Crippen LogP contribution is 2.52. The zero-order valence-electron chi connectivity index (χ0n) is 22.0. The van der Waals surface area contributed by atoms with Crippen molar-refractivity contribution in [1.29, 1.82) is 0 Å². The first-order chi connectivity index (χ1) is 18.8. The molecular formula is C31H30N2O5S. The van der Waals surface area contributed by atoms with Crippen molar-refractivity contribution in [3.63, 3.8) is 0 Å². The van der Waals surface area contributed by atoms with Gasteiger partial charge in [-0.2, -0.15) is 0 Å². The minimum absolute atomic E-state index is 0.117. The normalized spacial score (nSPS) is 20.4. The number of hydrogen-bond donors (Lipinski definition) is 1. The summed E-state index contributed by atoms with van der Waals surface area (Å²) in [5, 5.41) is 1.17. The van der Waals surface area contributed by atoms with E-state index in [-0.39, 0.29) is 29.9 Å². The molecule has 3 aromatic rings. The predicted octanol–water partition coefficient (Wildman–Crippen LogP) is 5.40. The number of carbonyl (C=O) groups is 3. The van der Waals surface area contributed by atoms with Crippen LogP contribution in [0.1, 0.15) is 44.4 Å². The van der Waals surface area contributed by atoms with E-state index in [1.54, 1.807) is 12.1 Å². The number of fused-ring (bicyclic) bond motifs is 1. The number of hydrogen-bond acceptors (Lipinski definition) is 6. The fourth-order valence-electron chi connectivity index (χ4n) is 4.99. The minimum atomic E-state index is -1.41. The van der Waals surface area contributed by atoms with Crippen LogP contribution in [0.15, 0.2) is 102 Å². The second-order valence-electron chi connectivity index (χ2n) is 9.78. The van der Waals surface area contributed by atoms with Crippen molar-refractivity contribution in [3.05, 3.63) is 113 Å². The van der Waals surface area contributed by atoms with Gasteiger partial charge in [-0.05, 0) is 29.2 Å². The van der Waals surface area contributed by atoms with Gasteiger partial charge in [0.2, 0.25) is 11.8 Å². The first-order valence-corrected chi connectivity index (χ1v) is 13.7. The van der Waals surface area contributed by atoms with Crippen LogP contribution in [0, 0.1) is 5.92 Å². The number of esters is 1. The molecule has 7 nitrogen and oxygen atoms in total. The highest BCUT2D eigenvalue weighted by atomic mass is 32.2. The van der Waals surface area contributed by atoms with Gasteiger partial charge in [-0.25, -0.2) is 4.79 Å². The summed E-state index contributed by atoms with van der Waals surface area (Å²) in [5.41, 5.74) is 2.19. The van der Waals surface area contributed by atoms with Crippen molar-refractivity contribution in [2.45, 2.75) is 43.7 Å². The molecule has 0 radical (unpaired) electrons. The van der Waals surface area contributed by atoms with Crippen LogP contribution in [-0.4, -0.2) is 33.1 Å². The summed E-state index contributed by atoms with van der Waals surface area (Å²) in [6, 6.07) is 28.1. The molecule has 0 bridgehead atoms.